The summed E-state index contributed by atoms with van der Waals surface area (Å²) in [6.07, 6.45) is -4.18. The maximum Gasteiger partial charge on any atom is 0.401 e. The number of hydrogen-bond donors (Lipinski definition) is 1. The molecule has 1 saturated heterocycles. The Morgan fingerprint density at radius 3 is 2.05 bits per heavy atom. The van der Waals surface area contributed by atoms with Gasteiger partial charge in [-0.3, -0.25) is 9.69 Å². The lowest BCUT2D eigenvalue weighted by molar-refractivity contribution is -0.152. The van der Waals surface area contributed by atoms with E-state index in [1.807, 2.05) is 13.8 Å². The SMILES string of the molecule is CC(C)[C@H](N)C(=O)N1CCN(CC(F)(F)F)CC1.Cl. The van der Waals surface area contributed by atoms with E-state index in [1.54, 1.807) is 4.90 Å². The fourth-order valence-corrected chi connectivity index (χ4v) is 1.88. The molecule has 0 radical (unpaired) electrons. The summed E-state index contributed by atoms with van der Waals surface area (Å²) in [4.78, 5) is 14.8. The highest BCUT2D eigenvalue weighted by atomic mass is 35.5. The maximum absolute atomic E-state index is 12.2. The molecule has 8 heteroatoms. The second-order valence-corrected chi connectivity index (χ2v) is 4.99. The highest BCUT2D eigenvalue weighted by Gasteiger charge is 2.33. The van der Waals surface area contributed by atoms with Gasteiger partial charge in [-0.2, -0.15) is 13.2 Å². The molecule has 0 saturated carbocycles. The van der Waals surface area contributed by atoms with E-state index in [2.05, 4.69) is 0 Å². The van der Waals surface area contributed by atoms with Crippen LogP contribution in [0.15, 0.2) is 0 Å². The van der Waals surface area contributed by atoms with Crippen LogP contribution >= 0.6 is 12.4 Å². The Morgan fingerprint density at radius 1 is 1.21 bits per heavy atom. The Kier molecular flexibility index (Phi) is 7.10. The zero-order valence-electron chi connectivity index (χ0n) is 11.1. The lowest BCUT2D eigenvalue weighted by Gasteiger charge is -2.36. The van der Waals surface area contributed by atoms with Gasteiger partial charge in [0, 0.05) is 26.2 Å². The van der Waals surface area contributed by atoms with Crippen molar-refractivity contribution in [2.75, 3.05) is 32.7 Å². The average molecular weight is 304 g/mol. The predicted molar refractivity (Wildman–Crippen MR) is 69.1 cm³/mol. The number of nitrogens with zero attached hydrogens (tertiary/aromatic N) is 2. The molecule has 1 heterocycles. The number of carbonyl (C=O) groups is 1. The van der Waals surface area contributed by atoms with E-state index in [4.69, 9.17) is 5.73 Å². The quantitative estimate of drug-likeness (QED) is 0.849. The second-order valence-electron chi connectivity index (χ2n) is 4.99. The van der Waals surface area contributed by atoms with Gasteiger partial charge in [-0.25, -0.2) is 0 Å². The van der Waals surface area contributed by atoms with Crippen molar-refractivity contribution < 1.29 is 18.0 Å². The molecule has 1 fully saturated rings. The molecule has 0 unspecified atom stereocenters. The van der Waals surface area contributed by atoms with E-state index >= 15 is 0 Å². The van der Waals surface area contributed by atoms with Crippen molar-refractivity contribution in [2.24, 2.45) is 11.7 Å². The molecule has 1 rings (SSSR count). The fraction of sp³-hybridized carbons (Fsp3) is 0.909. The van der Waals surface area contributed by atoms with Crippen LogP contribution in [0.25, 0.3) is 0 Å². The van der Waals surface area contributed by atoms with Gasteiger partial charge in [-0.15, -0.1) is 12.4 Å². The van der Waals surface area contributed by atoms with E-state index in [9.17, 15) is 18.0 Å². The van der Waals surface area contributed by atoms with E-state index in [1.165, 1.54) is 4.90 Å². The number of rotatable bonds is 3. The van der Waals surface area contributed by atoms with Crippen LogP contribution in [0.2, 0.25) is 0 Å². The van der Waals surface area contributed by atoms with Crippen LogP contribution in [-0.4, -0.2) is 60.6 Å². The molecule has 2 N–H and O–H groups in total. The first-order valence-corrected chi connectivity index (χ1v) is 6.04. The van der Waals surface area contributed by atoms with Gasteiger partial charge >= 0.3 is 6.18 Å². The van der Waals surface area contributed by atoms with Gasteiger partial charge in [0.2, 0.25) is 5.91 Å². The van der Waals surface area contributed by atoms with Gasteiger partial charge in [0.25, 0.3) is 0 Å². The molecule has 0 aromatic rings. The molecule has 4 nitrogen and oxygen atoms in total. The monoisotopic (exact) mass is 303 g/mol. The first-order valence-electron chi connectivity index (χ1n) is 6.04. The number of carbonyl (C=O) groups excluding carboxylic acids is 1. The number of nitrogens with two attached hydrogens (primary N) is 1. The summed E-state index contributed by atoms with van der Waals surface area (Å²) in [7, 11) is 0. The van der Waals surface area contributed by atoms with Crippen molar-refractivity contribution >= 4 is 18.3 Å². The van der Waals surface area contributed by atoms with E-state index in [0.29, 0.717) is 13.1 Å². The largest absolute Gasteiger partial charge is 0.401 e. The molecule has 1 amide bonds. The van der Waals surface area contributed by atoms with Gasteiger partial charge < -0.3 is 10.6 Å². The van der Waals surface area contributed by atoms with Gasteiger partial charge in [0.15, 0.2) is 0 Å². The Balaban J connectivity index is 0.00000324. The number of hydrogen-bond acceptors (Lipinski definition) is 3. The minimum absolute atomic E-state index is 0. The van der Waals surface area contributed by atoms with Crippen LogP contribution in [0, 0.1) is 5.92 Å². The molecular formula is C11H21ClF3N3O. The zero-order valence-corrected chi connectivity index (χ0v) is 11.9. The maximum atomic E-state index is 12.2. The lowest BCUT2D eigenvalue weighted by Crippen LogP contribution is -2.55. The number of piperazine rings is 1. The van der Waals surface area contributed by atoms with E-state index in [0.717, 1.165) is 0 Å². The normalized spacial score (nSPS) is 19.2. The van der Waals surface area contributed by atoms with Crippen molar-refractivity contribution in [1.82, 2.24) is 9.80 Å². The first-order chi connectivity index (χ1) is 8.20. The number of amides is 1. The minimum Gasteiger partial charge on any atom is -0.339 e. The molecule has 0 bridgehead atoms. The number of alkyl halides is 3. The summed E-state index contributed by atoms with van der Waals surface area (Å²) in [5.41, 5.74) is 5.74. The Bertz CT molecular complexity index is 291. The summed E-state index contributed by atoms with van der Waals surface area (Å²) in [6, 6.07) is -0.570. The van der Waals surface area contributed by atoms with E-state index < -0.39 is 18.8 Å². The van der Waals surface area contributed by atoms with Crippen molar-refractivity contribution in [1.29, 1.82) is 0 Å². The fourth-order valence-electron chi connectivity index (χ4n) is 1.88. The Labute approximate surface area is 117 Å². The highest BCUT2D eigenvalue weighted by molar-refractivity contribution is 5.85. The smallest absolute Gasteiger partial charge is 0.339 e. The third-order valence-corrected chi connectivity index (χ3v) is 3.09. The summed E-state index contributed by atoms with van der Waals surface area (Å²) in [6.45, 7) is 3.91. The molecule has 0 aromatic heterocycles. The van der Waals surface area contributed by atoms with Crippen molar-refractivity contribution in [3.05, 3.63) is 0 Å². The third-order valence-electron chi connectivity index (χ3n) is 3.09. The van der Waals surface area contributed by atoms with Crippen LogP contribution in [0.4, 0.5) is 13.2 Å². The van der Waals surface area contributed by atoms with Crippen molar-refractivity contribution in [3.63, 3.8) is 0 Å². The Hall–Kier alpha value is -0.530. The van der Waals surface area contributed by atoms with Gasteiger partial charge in [0.1, 0.15) is 0 Å². The second kappa shape index (κ2) is 7.31. The molecule has 1 aliphatic rings. The van der Waals surface area contributed by atoms with Crippen molar-refractivity contribution in [2.45, 2.75) is 26.1 Å². The molecular weight excluding hydrogens is 283 g/mol. The van der Waals surface area contributed by atoms with Gasteiger partial charge in [0.05, 0.1) is 12.6 Å². The van der Waals surface area contributed by atoms with Crippen LogP contribution in [0.5, 0.6) is 0 Å². The van der Waals surface area contributed by atoms with Crippen LogP contribution < -0.4 is 5.73 Å². The molecule has 114 valence electrons. The molecule has 0 spiro atoms. The standard InChI is InChI=1S/C11H20F3N3O.ClH/c1-8(2)9(15)10(18)17-5-3-16(4-6-17)7-11(12,13)14;/h8-9H,3-7,15H2,1-2H3;1H/t9-;/m0./s1. The summed E-state index contributed by atoms with van der Waals surface area (Å²) in [5, 5.41) is 0. The van der Waals surface area contributed by atoms with Crippen LogP contribution in [-0.2, 0) is 4.79 Å². The molecule has 0 aromatic carbocycles. The highest BCUT2D eigenvalue weighted by Crippen LogP contribution is 2.17. The molecule has 19 heavy (non-hydrogen) atoms. The number of halogens is 4. The average Bonchev–Trinajstić information content (AvgIpc) is 2.26. The van der Waals surface area contributed by atoms with Crippen molar-refractivity contribution in [3.8, 4) is 0 Å². The topological polar surface area (TPSA) is 49.6 Å². The van der Waals surface area contributed by atoms with Gasteiger partial charge in [-0.05, 0) is 5.92 Å². The summed E-state index contributed by atoms with van der Waals surface area (Å²) >= 11 is 0. The van der Waals surface area contributed by atoms with Crippen LogP contribution in [0.1, 0.15) is 13.8 Å². The lowest BCUT2D eigenvalue weighted by atomic mass is 10.0. The summed E-state index contributed by atoms with van der Waals surface area (Å²) < 4.78 is 36.6. The third kappa shape index (κ3) is 5.97. The van der Waals surface area contributed by atoms with Crippen LogP contribution in [0.3, 0.4) is 0 Å². The minimum atomic E-state index is -4.18. The summed E-state index contributed by atoms with van der Waals surface area (Å²) in [5.74, 6) is -0.137. The predicted octanol–water partition coefficient (Wildman–Crippen LogP) is 1.10. The van der Waals surface area contributed by atoms with Gasteiger partial charge in [-0.1, -0.05) is 13.8 Å². The molecule has 1 aliphatic heterocycles. The first kappa shape index (κ1) is 18.5. The molecule has 1 atom stereocenters. The molecule has 0 aliphatic carbocycles. The Morgan fingerprint density at radius 2 is 1.68 bits per heavy atom. The zero-order chi connectivity index (χ0) is 13.9. The van der Waals surface area contributed by atoms with E-state index in [-0.39, 0.29) is 37.3 Å².